The number of amides is 3. The average Bonchev–Trinajstić information content (AvgIpc) is 3.49. The van der Waals surface area contributed by atoms with Crippen LogP contribution in [0.4, 0.5) is 24.5 Å². The van der Waals surface area contributed by atoms with Crippen molar-refractivity contribution < 1.29 is 37.0 Å². The van der Waals surface area contributed by atoms with Gasteiger partial charge in [0, 0.05) is 16.5 Å². The Morgan fingerprint density at radius 2 is 1.78 bits per heavy atom. The first kappa shape index (κ1) is 30.5. The van der Waals surface area contributed by atoms with Gasteiger partial charge in [0.1, 0.15) is 5.25 Å². The van der Waals surface area contributed by atoms with E-state index in [4.69, 9.17) is 9.47 Å². The molecule has 3 heterocycles. The summed E-state index contributed by atoms with van der Waals surface area (Å²) in [7, 11) is 1.39. The highest BCUT2D eigenvalue weighted by Crippen LogP contribution is 2.54. The maximum absolute atomic E-state index is 13.9. The van der Waals surface area contributed by atoms with Crippen LogP contribution in [-0.2, 0) is 20.6 Å². The second-order valence-corrected chi connectivity index (χ2v) is 12.6. The number of alkyl halides is 3. The summed E-state index contributed by atoms with van der Waals surface area (Å²) in [6.07, 6.45) is -4.80. The van der Waals surface area contributed by atoms with Crippen molar-refractivity contribution in [1.29, 1.82) is 0 Å². The number of imide groups is 1. The van der Waals surface area contributed by atoms with E-state index in [1.165, 1.54) is 25.3 Å². The standard InChI is InChI=1S/C31H24F3N3O6S2/c1-15-6-5-7-17(12-15)35-22(38)14-43-20-11-10-16(13-21(20)42-2)23-24-26(44-27-25(23)45-30(41)36-27)29(40)37(28(24)39)19-9-4-3-8-18(19)31(32,33)34/h3-13,23-24,26H,14H2,1-2H3,(H,35,38)(H,36,41)/t23-,24-,26+/m0/s1. The number of fused-ring (bicyclic) bond motifs is 2. The van der Waals surface area contributed by atoms with Crippen LogP contribution in [0, 0.1) is 12.8 Å². The zero-order valence-corrected chi connectivity index (χ0v) is 25.3. The summed E-state index contributed by atoms with van der Waals surface area (Å²) in [5.74, 6) is -3.55. The van der Waals surface area contributed by atoms with E-state index in [2.05, 4.69) is 10.3 Å². The van der Waals surface area contributed by atoms with Crippen LogP contribution in [0.15, 0.2) is 76.6 Å². The first-order chi connectivity index (χ1) is 21.5. The normalized spacial score (nSPS) is 19.2. The van der Waals surface area contributed by atoms with Gasteiger partial charge in [0.2, 0.25) is 11.8 Å². The minimum atomic E-state index is -4.80. The number of anilines is 2. The number of nitrogens with one attached hydrogen (secondary N) is 2. The van der Waals surface area contributed by atoms with Gasteiger partial charge in [0.15, 0.2) is 18.1 Å². The van der Waals surface area contributed by atoms with E-state index in [-0.39, 0.29) is 18.1 Å². The number of benzene rings is 3. The average molecular weight is 656 g/mol. The molecule has 3 amide bonds. The van der Waals surface area contributed by atoms with Gasteiger partial charge in [-0.25, -0.2) is 4.90 Å². The van der Waals surface area contributed by atoms with Crippen molar-refractivity contribution >= 4 is 52.2 Å². The molecule has 0 unspecified atom stereocenters. The topological polar surface area (TPSA) is 118 Å². The number of ether oxygens (including phenoxy) is 2. The molecule has 2 aliphatic rings. The van der Waals surface area contributed by atoms with Crippen LogP contribution in [0.1, 0.15) is 27.5 Å². The van der Waals surface area contributed by atoms with Crippen molar-refractivity contribution in [2.45, 2.75) is 29.3 Å². The maximum atomic E-state index is 13.9. The Hall–Kier alpha value is -4.56. The van der Waals surface area contributed by atoms with Gasteiger partial charge < -0.3 is 19.8 Å². The van der Waals surface area contributed by atoms with Gasteiger partial charge in [-0.15, -0.1) is 0 Å². The molecular formula is C31H24F3N3O6S2. The van der Waals surface area contributed by atoms with Crippen LogP contribution in [0.2, 0.25) is 0 Å². The summed E-state index contributed by atoms with van der Waals surface area (Å²) in [6, 6.07) is 16.4. The fourth-order valence-corrected chi connectivity index (χ4v) is 8.10. The van der Waals surface area contributed by atoms with Crippen molar-refractivity contribution in [3.63, 3.8) is 0 Å². The lowest BCUT2D eigenvalue weighted by atomic mass is 9.83. The van der Waals surface area contributed by atoms with E-state index < -0.39 is 57.1 Å². The van der Waals surface area contributed by atoms with E-state index in [0.29, 0.717) is 26.1 Å². The Kier molecular flexibility index (Phi) is 7.95. The van der Waals surface area contributed by atoms with Gasteiger partial charge >= 0.3 is 11.0 Å². The predicted octanol–water partition coefficient (Wildman–Crippen LogP) is 5.59. The van der Waals surface area contributed by atoms with Crippen LogP contribution in [0.5, 0.6) is 11.5 Å². The highest BCUT2D eigenvalue weighted by Gasteiger charge is 2.57. The molecule has 4 aromatic rings. The summed E-state index contributed by atoms with van der Waals surface area (Å²) < 4.78 is 52.9. The number of hydrogen-bond donors (Lipinski definition) is 2. The first-order valence-corrected chi connectivity index (χ1v) is 15.3. The number of hydrogen-bond acceptors (Lipinski definition) is 8. The molecule has 0 bridgehead atoms. The number of thiazole rings is 1. The van der Waals surface area contributed by atoms with E-state index in [1.54, 1.807) is 18.2 Å². The molecule has 3 aromatic carbocycles. The lowest BCUT2D eigenvalue weighted by Gasteiger charge is -2.30. The molecule has 0 aliphatic carbocycles. The van der Waals surface area contributed by atoms with Gasteiger partial charge in [-0.05, 0) is 54.4 Å². The third-order valence-corrected chi connectivity index (χ3v) is 9.88. The highest BCUT2D eigenvalue weighted by atomic mass is 32.2. The summed E-state index contributed by atoms with van der Waals surface area (Å²) in [5.41, 5.74) is 0.405. The number of para-hydroxylation sites is 1. The first-order valence-electron chi connectivity index (χ1n) is 13.6. The SMILES string of the molecule is COc1cc([C@@H]2c3sc(=O)[nH]c3S[C@H]3C(=O)N(c4ccccc4C(F)(F)F)C(=O)[C@@H]23)ccc1OCC(=O)Nc1cccc(C)c1. The smallest absolute Gasteiger partial charge is 0.418 e. The van der Waals surface area contributed by atoms with Crippen molar-refractivity contribution in [1.82, 2.24) is 4.98 Å². The molecule has 1 fully saturated rings. The van der Waals surface area contributed by atoms with Crippen molar-refractivity contribution in [2.24, 2.45) is 5.92 Å². The zero-order valence-electron chi connectivity index (χ0n) is 23.6. The number of H-pyrrole nitrogens is 1. The molecule has 2 N–H and O–H groups in total. The van der Waals surface area contributed by atoms with Crippen molar-refractivity contribution in [2.75, 3.05) is 23.9 Å². The second-order valence-electron chi connectivity index (χ2n) is 10.4. The van der Waals surface area contributed by atoms with Gasteiger partial charge in [-0.2, -0.15) is 13.2 Å². The number of carbonyl (C=O) groups excluding carboxylic acids is 3. The number of aromatic amines is 1. The minimum absolute atomic E-state index is 0.214. The van der Waals surface area contributed by atoms with E-state index >= 15 is 0 Å². The molecule has 1 aromatic heterocycles. The number of nitrogens with zero attached hydrogens (tertiary/aromatic N) is 1. The van der Waals surface area contributed by atoms with Crippen LogP contribution in [0.3, 0.4) is 0 Å². The second kappa shape index (κ2) is 11.7. The molecule has 45 heavy (non-hydrogen) atoms. The number of carbonyl (C=O) groups is 3. The Labute approximate surface area is 262 Å². The van der Waals surface area contributed by atoms with Gasteiger partial charge in [-0.3, -0.25) is 19.2 Å². The molecule has 0 spiro atoms. The molecule has 0 saturated carbocycles. The quantitative estimate of drug-likeness (QED) is 0.250. The summed E-state index contributed by atoms with van der Waals surface area (Å²) in [4.78, 5) is 55.9. The molecule has 232 valence electrons. The highest BCUT2D eigenvalue weighted by molar-refractivity contribution is 8.00. The third-order valence-electron chi connectivity index (χ3n) is 7.48. The predicted molar refractivity (Wildman–Crippen MR) is 162 cm³/mol. The zero-order chi connectivity index (χ0) is 32.0. The van der Waals surface area contributed by atoms with Gasteiger partial charge in [0.25, 0.3) is 5.91 Å². The molecule has 9 nitrogen and oxygen atoms in total. The van der Waals surface area contributed by atoms with E-state index in [1.807, 2.05) is 25.1 Å². The van der Waals surface area contributed by atoms with Crippen molar-refractivity contribution in [3.8, 4) is 11.5 Å². The summed E-state index contributed by atoms with van der Waals surface area (Å²) in [5, 5.41) is 2.03. The summed E-state index contributed by atoms with van der Waals surface area (Å²) >= 11 is 1.82. The number of methoxy groups -OCH3 is 1. The Balaban J connectivity index is 1.32. The molecule has 1 saturated heterocycles. The number of aryl methyl sites for hydroxylation is 1. The lowest BCUT2D eigenvalue weighted by Crippen LogP contribution is -2.33. The number of rotatable bonds is 7. The monoisotopic (exact) mass is 655 g/mol. The van der Waals surface area contributed by atoms with Crippen LogP contribution >= 0.6 is 23.1 Å². The molecular weight excluding hydrogens is 631 g/mol. The summed E-state index contributed by atoms with van der Waals surface area (Å²) in [6.45, 7) is 1.56. The van der Waals surface area contributed by atoms with E-state index in [9.17, 15) is 32.3 Å². The van der Waals surface area contributed by atoms with Gasteiger partial charge in [-0.1, -0.05) is 53.4 Å². The third kappa shape index (κ3) is 5.71. The fraction of sp³-hybridized carbons (Fsp3) is 0.226. The number of aromatic nitrogens is 1. The molecule has 2 aliphatic heterocycles. The molecule has 14 heteroatoms. The fourth-order valence-electron chi connectivity index (χ4n) is 5.58. The molecule has 0 radical (unpaired) electrons. The number of thioether (sulfide) groups is 1. The minimum Gasteiger partial charge on any atom is -0.493 e. The van der Waals surface area contributed by atoms with Crippen LogP contribution < -0.4 is 24.6 Å². The molecule has 6 rings (SSSR count). The van der Waals surface area contributed by atoms with Crippen molar-refractivity contribution in [3.05, 3.63) is 98.0 Å². The Bertz CT molecular complexity index is 1890. The van der Waals surface area contributed by atoms with Crippen LogP contribution in [0.25, 0.3) is 0 Å². The maximum Gasteiger partial charge on any atom is 0.418 e. The number of halogens is 3. The Morgan fingerprint density at radius 1 is 1.00 bits per heavy atom. The van der Waals surface area contributed by atoms with Crippen LogP contribution in [-0.4, -0.2) is 41.7 Å². The largest absolute Gasteiger partial charge is 0.493 e. The molecule has 3 atom stereocenters. The Morgan fingerprint density at radius 3 is 2.51 bits per heavy atom. The van der Waals surface area contributed by atoms with E-state index in [0.717, 1.165) is 40.8 Å². The lowest BCUT2D eigenvalue weighted by molar-refractivity contribution is -0.137. The van der Waals surface area contributed by atoms with Gasteiger partial charge in [0.05, 0.1) is 29.3 Å².